The number of hydrogen-bond donors (Lipinski definition) is 2. The first-order chi connectivity index (χ1) is 9.71. The van der Waals surface area contributed by atoms with Crippen molar-refractivity contribution in [3.8, 4) is 6.07 Å². The minimum Gasteiger partial charge on any atom is -0.444 e. The van der Waals surface area contributed by atoms with Gasteiger partial charge in [0.05, 0.1) is 5.56 Å². The first-order valence-corrected chi connectivity index (χ1v) is 6.62. The van der Waals surface area contributed by atoms with Crippen LogP contribution in [0.3, 0.4) is 0 Å². The molecule has 1 amide bonds. The van der Waals surface area contributed by atoms with E-state index in [2.05, 4.69) is 5.32 Å². The molecule has 1 aromatic rings. The quantitative estimate of drug-likeness (QED) is 0.889. The van der Waals surface area contributed by atoms with Crippen molar-refractivity contribution < 1.29 is 13.9 Å². The van der Waals surface area contributed by atoms with Gasteiger partial charge < -0.3 is 15.8 Å². The molecule has 6 heteroatoms. The van der Waals surface area contributed by atoms with Crippen molar-refractivity contribution in [3.63, 3.8) is 0 Å². The van der Waals surface area contributed by atoms with E-state index in [0.29, 0.717) is 6.42 Å². The molecule has 3 N–H and O–H groups in total. The summed E-state index contributed by atoms with van der Waals surface area (Å²) < 4.78 is 18.3. The summed E-state index contributed by atoms with van der Waals surface area (Å²) >= 11 is 0. The van der Waals surface area contributed by atoms with Crippen LogP contribution in [-0.4, -0.2) is 24.3 Å². The topological polar surface area (TPSA) is 88.1 Å². The minimum absolute atomic E-state index is 0.0141. The second kappa shape index (κ2) is 7.04. The van der Waals surface area contributed by atoms with Gasteiger partial charge in [-0.2, -0.15) is 5.26 Å². The molecule has 1 rings (SSSR count). The standard InChI is InChI=1S/C15H20FN3O2/c1-15(2,3)21-14(20)19-9-12(18)7-10-4-5-13(16)11(6-10)8-17/h4-6,12H,7,9,18H2,1-3H3,(H,19,20). The van der Waals surface area contributed by atoms with Gasteiger partial charge >= 0.3 is 6.09 Å². The lowest BCUT2D eigenvalue weighted by atomic mass is 10.0. The Labute approximate surface area is 123 Å². The third-order valence-corrected chi connectivity index (χ3v) is 2.56. The third kappa shape index (κ3) is 6.23. The number of carbonyl (C=O) groups is 1. The number of ether oxygens (including phenoxy) is 1. The fourth-order valence-electron chi connectivity index (χ4n) is 1.69. The van der Waals surface area contributed by atoms with E-state index in [0.717, 1.165) is 5.56 Å². The molecule has 1 aromatic carbocycles. The lowest BCUT2D eigenvalue weighted by Gasteiger charge is -2.20. The molecule has 0 aliphatic heterocycles. The predicted octanol–water partition coefficient (Wildman–Crippen LogP) is 2.09. The van der Waals surface area contributed by atoms with E-state index in [1.165, 1.54) is 12.1 Å². The molecule has 0 aromatic heterocycles. The van der Waals surface area contributed by atoms with Crippen molar-refractivity contribution >= 4 is 6.09 Å². The van der Waals surface area contributed by atoms with Crippen LogP contribution in [0, 0.1) is 17.1 Å². The van der Waals surface area contributed by atoms with Crippen molar-refractivity contribution in [2.24, 2.45) is 5.73 Å². The van der Waals surface area contributed by atoms with Gasteiger partial charge in [0.15, 0.2) is 0 Å². The molecule has 0 saturated heterocycles. The Kier molecular flexibility index (Phi) is 5.68. The maximum Gasteiger partial charge on any atom is 0.407 e. The number of halogens is 1. The lowest BCUT2D eigenvalue weighted by molar-refractivity contribution is 0.0524. The highest BCUT2D eigenvalue weighted by molar-refractivity contribution is 5.67. The molecule has 5 nitrogen and oxygen atoms in total. The van der Waals surface area contributed by atoms with Crippen molar-refractivity contribution in [2.45, 2.75) is 38.8 Å². The Morgan fingerprint density at radius 2 is 2.19 bits per heavy atom. The van der Waals surface area contributed by atoms with Crippen LogP contribution in [0.4, 0.5) is 9.18 Å². The fraction of sp³-hybridized carbons (Fsp3) is 0.467. The van der Waals surface area contributed by atoms with Gasteiger partial charge in [0.2, 0.25) is 0 Å². The van der Waals surface area contributed by atoms with Crippen molar-refractivity contribution in [2.75, 3.05) is 6.54 Å². The smallest absolute Gasteiger partial charge is 0.407 e. The number of hydrogen-bond acceptors (Lipinski definition) is 4. The van der Waals surface area contributed by atoms with Crippen LogP contribution in [0.2, 0.25) is 0 Å². The molecule has 0 saturated carbocycles. The molecule has 0 heterocycles. The van der Waals surface area contributed by atoms with Gasteiger partial charge in [0.1, 0.15) is 17.5 Å². The van der Waals surface area contributed by atoms with Crippen LogP contribution in [-0.2, 0) is 11.2 Å². The largest absolute Gasteiger partial charge is 0.444 e. The van der Waals surface area contributed by atoms with Crippen LogP contribution in [0.15, 0.2) is 18.2 Å². The number of nitrogens with zero attached hydrogens (tertiary/aromatic N) is 1. The third-order valence-electron chi connectivity index (χ3n) is 2.56. The fourth-order valence-corrected chi connectivity index (χ4v) is 1.69. The molecule has 0 spiro atoms. The Morgan fingerprint density at radius 1 is 1.52 bits per heavy atom. The summed E-state index contributed by atoms with van der Waals surface area (Å²) in [5.74, 6) is -0.554. The molecular weight excluding hydrogens is 273 g/mol. The summed E-state index contributed by atoms with van der Waals surface area (Å²) in [6.07, 6.45) is -0.111. The second-order valence-corrected chi connectivity index (χ2v) is 5.77. The lowest BCUT2D eigenvalue weighted by Crippen LogP contribution is -2.41. The van der Waals surface area contributed by atoms with E-state index in [4.69, 9.17) is 15.7 Å². The Bertz CT molecular complexity index is 547. The Morgan fingerprint density at radius 3 is 2.76 bits per heavy atom. The van der Waals surface area contributed by atoms with Crippen LogP contribution < -0.4 is 11.1 Å². The van der Waals surface area contributed by atoms with Gasteiger partial charge in [-0.25, -0.2) is 9.18 Å². The Balaban J connectivity index is 2.49. The number of benzene rings is 1. The van der Waals surface area contributed by atoms with Crippen molar-refractivity contribution in [1.29, 1.82) is 5.26 Å². The van der Waals surface area contributed by atoms with E-state index in [-0.39, 0.29) is 18.2 Å². The maximum atomic E-state index is 13.2. The molecule has 0 aliphatic rings. The number of nitriles is 1. The van der Waals surface area contributed by atoms with Crippen LogP contribution in [0.25, 0.3) is 0 Å². The summed E-state index contributed by atoms with van der Waals surface area (Å²) in [5, 5.41) is 11.3. The average molecular weight is 293 g/mol. The number of carbonyl (C=O) groups excluding carboxylic acids is 1. The second-order valence-electron chi connectivity index (χ2n) is 5.77. The number of rotatable bonds is 4. The minimum atomic E-state index is -0.563. The summed E-state index contributed by atoms with van der Waals surface area (Å²) in [4.78, 5) is 11.5. The van der Waals surface area contributed by atoms with Gasteiger partial charge in [-0.15, -0.1) is 0 Å². The maximum absolute atomic E-state index is 13.2. The van der Waals surface area contributed by atoms with Gasteiger partial charge in [-0.05, 0) is 44.9 Å². The molecule has 1 unspecified atom stereocenters. The summed E-state index contributed by atoms with van der Waals surface area (Å²) in [7, 11) is 0. The van der Waals surface area contributed by atoms with Gasteiger partial charge in [0.25, 0.3) is 0 Å². The zero-order chi connectivity index (χ0) is 16.0. The van der Waals surface area contributed by atoms with E-state index in [1.807, 2.05) is 0 Å². The first-order valence-electron chi connectivity index (χ1n) is 6.62. The van der Waals surface area contributed by atoms with E-state index in [1.54, 1.807) is 32.9 Å². The van der Waals surface area contributed by atoms with Gasteiger partial charge in [0, 0.05) is 12.6 Å². The monoisotopic (exact) mass is 293 g/mol. The highest BCUT2D eigenvalue weighted by Crippen LogP contribution is 2.11. The molecular formula is C15H20FN3O2. The molecule has 21 heavy (non-hydrogen) atoms. The SMILES string of the molecule is CC(C)(C)OC(=O)NCC(N)Cc1ccc(F)c(C#N)c1. The number of nitrogens with one attached hydrogen (secondary N) is 1. The van der Waals surface area contributed by atoms with Gasteiger partial charge in [-0.1, -0.05) is 6.07 Å². The number of nitrogens with two attached hydrogens (primary N) is 1. The summed E-state index contributed by atoms with van der Waals surface area (Å²) in [6, 6.07) is 5.70. The van der Waals surface area contributed by atoms with Crippen LogP contribution in [0.1, 0.15) is 31.9 Å². The molecule has 0 bridgehead atoms. The predicted molar refractivity (Wildman–Crippen MR) is 77.0 cm³/mol. The normalized spacial score (nSPS) is 12.4. The molecule has 0 radical (unpaired) electrons. The highest BCUT2D eigenvalue weighted by Gasteiger charge is 2.16. The van der Waals surface area contributed by atoms with Crippen LogP contribution >= 0.6 is 0 Å². The van der Waals surface area contributed by atoms with Gasteiger partial charge in [-0.3, -0.25) is 0 Å². The molecule has 0 aliphatic carbocycles. The summed E-state index contributed by atoms with van der Waals surface area (Å²) in [6.45, 7) is 5.55. The average Bonchev–Trinajstić information content (AvgIpc) is 2.36. The zero-order valence-corrected chi connectivity index (χ0v) is 12.4. The Hall–Kier alpha value is -2.13. The highest BCUT2D eigenvalue weighted by atomic mass is 19.1. The number of amides is 1. The van der Waals surface area contributed by atoms with E-state index < -0.39 is 17.5 Å². The molecule has 0 fully saturated rings. The van der Waals surface area contributed by atoms with Crippen LogP contribution in [0.5, 0.6) is 0 Å². The van der Waals surface area contributed by atoms with Crippen molar-refractivity contribution in [3.05, 3.63) is 35.1 Å². The first kappa shape index (κ1) is 16.9. The van der Waals surface area contributed by atoms with E-state index >= 15 is 0 Å². The number of alkyl carbamates (subject to hydrolysis) is 1. The molecule has 1 atom stereocenters. The van der Waals surface area contributed by atoms with E-state index in [9.17, 15) is 9.18 Å². The van der Waals surface area contributed by atoms with Crippen molar-refractivity contribution in [1.82, 2.24) is 5.32 Å². The zero-order valence-electron chi connectivity index (χ0n) is 12.4. The molecule has 114 valence electrons. The summed E-state index contributed by atoms with van der Waals surface area (Å²) in [5.41, 5.74) is 6.07.